The van der Waals surface area contributed by atoms with E-state index in [0.717, 1.165) is 0 Å². The van der Waals surface area contributed by atoms with Crippen molar-refractivity contribution in [3.8, 4) is 12.3 Å². The molecule has 64 valence electrons. The van der Waals surface area contributed by atoms with Crippen molar-refractivity contribution in [2.75, 3.05) is 6.54 Å². The average molecular weight is 169 g/mol. The van der Waals surface area contributed by atoms with Gasteiger partial charge in [0.1, 0.15) is 0 Å². The Kier molecular flexibility index (Phi) is 2.31. The van der Waals surface area contributed by atoms with Crippen LogP contribution in [0.3, 0.4) is 0 Å². The standard InChI is InChI=1S/C7H7NO4/c1-2-3-8-6(9)4-5(12-4)7(10)11/h1,4-5H,3H2,(H,8,9)(H,10,11). The van der Waals surface area contributed by atoms with E-state index in [-0.39, 0.29) is 6.54 Å². The molecule has 1 fully saturated rings. The molecule has 0 aromatic rings. The van der Waals surface area contributed by atoms with Gasteiger partial charge in [-0.05, 0) is 0 Å². The van der Waals surface area contributed by atoms with E-state index in [2.05, 4.69) is 16.0 Å². The molecule has 2 unspecified atom stereocenters. The van der Waals surface area contributed by atoms with Gasteiger partial charge in [-0.3, -0.25) is 4.79 Å². The number of terminal acetylenes is 1. The number of rotatable bonds is 3. The van der Waals surface area contributed by atoms with Crippen LogP contribution in [0.1, 0.15) is 0 Å². The maximum atomic E-state index is 10.9. The maximum Gasteiger partial charge on any atom is 0.336 e. The number of carbonyl (C=O) groups is 2. The summed E-state index contributed by atoms with van der Waals surface area (Å²) < 4.78 is 4.56. The van der Waals surface area contributed by atoms with Gasteiger partial charge < -0.3 is 15.2 Å². The highest BCUT2D eigenvalue weighted by atomic mass is 16.6. The van der Waals surface area contributed by atoms with Gasteiger partial charge in [0.05, 0.1) is 6.54 Å². The molecule has 0 aromatic heterocycles. The lowest BCUT2D eigenvalue weighted by Crippen LogP contribution is -2.30. The van der Waals surface area contributed by atoms with Gasteiger partial charge in [-0.15, -0.1) is 6.42 Å². The molecule has 1 saturated heterocycles. The van der Waals surface area contributed by atoms with E-state index in [1.807, 2.05) is 0 Å². The van der Waals surface area contributed by atoms with E-state index >= 15 is 0 Å². The Balaban J connectivity index is 2.29. The summed E-state index contributed by atoms with van der Waals surface area (Å²) in [6.07, 6.45) is 3.01. The topological polar surface area (TPSA) is 78.9 Å². The monoisotopic (exact) mass is 169 g/mol. The second-order valence-corrected chi connectivity index (χ2v) is 2.24. The fourth-order valence-electron chi connectivity index (χ4n) is 0.738. The Morgan fingerprint density at radius 2 is 2.25 bits per heavy atom. The van der Waals surface area contributed by atoms with Crippen molar-refractivity contribution in [1.29, 1.82) is 0 Å². The molecule has 5 nitrogen and oxygen atoms in total. The molecule has 0 saturated carbocycles. The fraction of sp³-hybridized carbons (Fsp3) is 0.429. The van der Waals surface area contributed by atoms with Crippen LogP contribution in [0.15, 0.2) is 0 Å². The Morgan fingerprint density at radius 3 is 2.67 bits per heavy atom. The summed E-state index contributed by atoms with van der Waals surface area (Å²) in [6.45, 7) is 0.0883. The van der Waals surface area contributed by atoms with Gasteiger partial charge >= 0.3 is 5.97 Å². The number of nitrogens with one attached hydrogen (secondary N) is 1. The number of hydrogen-bond acceptors (Lipinski definition) is 3. The Hall–Kier alpha value is -1.54. The minimum atomic E-state index is -1.13. The molecule has 0 bridgehead atoms. The van der Waals surface area contributed by atoms with Gasteiger partial charge in [-0.2, -0.15) is 0 Å². The normalized spacial score (nSPS) is 25.6. The van der Waals surface area contributed by atoms with E-state index in [9.17, 15) is 9.59 Å². The van der Waals surface area contributed by atoms with E-state index in [1.54, 1.807) is 0 Å². The van der Waals surface area contributed by atoms with Gasteiger partial charge in [0, 0.05) is 0 Å². The number of amides is 1. The van der Waals surface area contributed by atoms with Crippen LogP contribution in [-0.4, -0.2) is 35.7 Å². The number of carbonyl (C=O) groups excluding carboxylic acids is 1. The lowest BCUT2D eigenvalue weighted by Gasteiger charge is -1.94. The zero-order chi connectivity index (χ0) is 9.14. The summed E-state index contributed by atoms with van der Waals surface area (Å²) in [5.74, 6) is 0.590. The summed E-state index contributed by atoms with van der Waals surface area (Å²) in [5.41, 5.74) is 0. The summed E-state index contributed by atoms with van der Waals surface area (Å²) in [7, 11) is 0. The Bertz CT molecular complexity index is 255. The largest absolute Gasteiger partial charge is 0.479 e. The zero-order valence-corrected chi connectivity index (χ0v) is 6.11. The smallest absolute Gasteiger partial charge is 0.336 e. The molecule has 1 amide bonds. The maximum absolute atomic E-state index is 10.9. The third-order valence-electron chi connectivity index (χ3n) is 1.36. The van der Waals surface area contributed by atoms with E-state index in [4.69, 9.17) is 11.5 Å². The number of ether oxygens (including phenoxy) is 1. The first-order valence-corrected chi connectivity index (χ1v) is 3.26. The minimum Gasteiger partial charge on any atom is -0.479 e. The summed E-state index contributed by atoms with van der Waals surface area (Å²) in [4.78, 5) is 21.1. The molecule has 1 aliphatic rings. The van der Waals surface area contributed by atoms with Crippen molar-refractivity contribution in [1.82, 2.24) is 5.32 Å². The van der Waals surface area contributed by atoms with E-state index < -0.39 is 24.1 Å². The van der Waals surface area contributed by atoms with Crippen LogP contribution in [0.2, 0.25) is 0 Å². The van der Waals surface area contributed by atoms with Gasteiger partial charge in [-0.1, -0.05) is 5.92 Å². The van der Waals surface area contributed by atoms with Crippen LogP contribution < -0.4 is 5.32 Å². The first-order valence-electron chi connectivity index (χ1n) is 3.26. The fourth-order valence-corrected chi connectivity index (χ4v) is 0.738. The number of aliphatic carboxylic acids is 1. The second kappa shape index (κ2) is 3.24. The Morgan fingerprint density at radius 1 is 1.58 bits per heavy atom. The van der Waals surface area contributed by atoms with E-state index in [0.29, 0.717) is 0 Å². The molecule has 2 N–H and O–H groups in total. The molecule has 1 rings (SSSR count). The third-order valence-corrected chi connectivity index (χ3v) is 1.36. The number of carboxylic acids is 1. The zero-order valence-electron chi connectivity index (χ0n) is 6.11. The van der Waals surface area contributed by atoms with Gasteiger partial charge in [0.25, 0.3) is 5.91 Å². The van der Waals surface area contributed by atoms with Crippen LogP contribution in [-0.2, 0) is 14.3 Å². The molecule has 1 heterocycles. The predicted octanol–water partition coefficient (Wildman–Crippen LogP) is -1.41. The molecular formula is C7H7NO4. The lowest BCUT2D eigenvalue weighted by molar-refractivity contribution is -0.138. The summed E-state index contributed by atoms with van der Waals surface area (Å²) in [6, 6.07) is 0. The van der Waals surface area contributed by atoms with E-state index in [1.165, 1.54) is 0 Å². The number of hydrogen-bond donors (Lipinski definition) is 2. The lowest BCUT2D eigenvalue weighted by atomic mass is 10.3. The molecule has 0 aromatic carbocycles. The first kappa shape index (κ1) is 8.56. The van der Waals surface area contributed by atoms with Gasteiger partial charge in [-0.25, -0.2) is 4.79 Å². The Labute approximate surface area is 68.7 Å². The summed E-state index contributed by atoms with van der Waals surface area (Å²) in [5, 5.41) is 10.7. The van der Waals surface area contributed by atoms with Crippen molar-refractivity contribution < 1.29 is 19.4 Å². The molecule has 0 aliphatic carbocycles. The van der Waals surface area contributed by atoms with Crippen molar-refractivity contribution in [3.05, 3.63) is 0 Å². The van der Waals surface area contributed by atoms with Crippen molar-refractivity contribution in [2.45, 2.75) is 12.2 Å². The van der Waals surface area contributed by atoms with Gasteiger partial charge in [0.2, 0.25) is 0 Å². The molecule has 2 atom stereocenters. The first-order chi connectivity index (χ1) is 5.66. The highest BCUT2D eigenvalue weighted by molar-refractivity contribution is 5.92. The van der Waals surface area contributed by atoms with Crippen LogP contribution in [0.5, 0.6) is 0 Å². The van der Waals surface area contributed by atoms with Crippen LogP contribution in [0, 0.1) is 12.3 Å². The second-order valence-electron chi connectivity index (χ2n) is 2.24. The molecule has 5 heteroatoms. The van der Waals surface area contributed by atoms with Crippen molar-refractivity contribution >= 4 is 11.9 Å². The molecular weight excluding hydrogens is 162 g/mol. The third kappa shape index (κ3) is 1.74. The molecule has 0 radical (unpaired) electrons. The highest BCUT2D eigenvalue weighted by Crippen LogP contribution is 2.21. The predicted molar refractivity (Wildman–Crippen MR) is 38.1 cm³/mol. The van der Waals surface area contributed by atoms with Crippen LogP contribution >= 0.6 is 0 Å². The minimum absolute atomic E-state index is 0.0883. The average Bonchev–Trinajstić information content (AvgIpc) is 2.78. The van der Waals surface area contributed by atoms with Gasteiger partial charge in [0.15, 0.2) is 12.2 Å². The van der Waals surface area contributed by atoms with Crippen LogP contribution in [0.25, 0.3) is 0 Å². The van der Waals surface area contributed by atoms with Crippen molar-refractivity contribution in [3.63, 3.8) is 0 Å². The van der Waals surface area contributed by atoms with Crippen molar-refractivity contribution in [2.24, 2.45) is 0 Å². The highest BCUT2D eigenvalue weighted by Gasteiger charge is 2.50. The number of carboxylic acid groups (broad SMARTS) is 1. The molecule has 0 spiro atoms. The summed E-state index contributed by atoms with van der Waals surface area (Å²) >= 11 is 0. The molecule has 12 heavy (non-hydrogen) atoms. The molecule has 1 aliphatic heterocycles. The quantitative estimate of drug-likeness (QED) is 0.401. The SMILES string of the molecule is C#CCNC(=O)C1OC1C(=O)O. The van der Waals surface area contributed by atoms with Crippen LogP contribution in [0.4, 0.5) is 0 Å². The number of epoxide rings is 1.